The van der Waals surface area contributed by atoms with E-state index in [-0.39, 0.29) is 24.1 Å². The normalized spacial score (nSPS) is 10.2. The highest BCUT2D eigenvalue weighted by molar-refractivity contribution is 6.43. The van der Waals surface area contributed by atoms with E-state index in [9.17, 15) is 9.59 Å². The van der Waals surface area contributed by atoms with E-state index in [2.05, 4.69) is 10.6 Å². The zero-order chi connectivity index (χ0) is 18.2. The van der Waals surface area contributed by atoms with Crippen molar-refractivity contribution in [2.75, 3.05) is 31.0 Å². The zero-order valence-electron chi connectivity index (χ0n) is 13.3. The number of carbonyl (C=O) groups excluding carboxylic acids is 2. The van der Waals surface area contributed by atoms with Gasteiger partial charge in [-0.15, -0.1) is 0 Å². The molecule has 0 heterocycles. The van der Waals surface area contributed by atoms with Gasteiger partial charge in [0, 0.05) is 5.69 Å². The summed E-state index contributed by atoms with van der Waals surface area (Å²) < 4.78 is 10.1. The number of anilines is 2. The number of ether oxygens (including phenoxy) is 2. The van der Waals surface area contributed by atoms with E-state index >= 15 is 0 Å². The highest BCUT2D eigenvalue weighted by atomic mass is 35.5. The number of nitrogens with one attached hydrogen (secondary N) is 2. The minimum absolute atomic E-state index is 0.245. The number of methoxy groups -OCH3 is 1. The Morgan fingerprint density at radius 1 is 0.960 bits per heavy atom. The number of benzene rings is 2. The van der Waals surface area contributed by atoms with Crippen LogP contribution in [0.2, 0.25) is 10.0 Å². The molecule has 6 nitrogen and oxygen atoms in total. The van der Waals surface area contributed by atoms with Gasteiger partial charge in [-0.25, -0.2) is 0 Å². The summed E-state index contributed by atoms with van der Waals surface area (Å²) in [7, 11) is 1.56. The van der Waals surface area contributed by atoms with Crippen molar-refractivity contribution in [1.29, 1.82) is 0 Å². The van der Waals surface area contributed by atoms with Crippen LogP contribution in [-0.4, -0.2) is 32.1 Å². The van der Waals surface area contributed by atoms with E-state index in [1.165, 1.54) is 0 Å². The molecule has 0 saturated heterocycles. The Morgan fingerprint density at radius 3 is 2.24 bits per heavy atom. The van der Waals surface area contributed by atoms with Gasteiger partial charge < -0.3 is 20.1 Å². The first-order valence-electron chi connectivity index (χ1n) is 7.25. The quantitative estimate of drug-likeness (QED) is 0.766. The van der Waals surface area contributed by atoms with Gasteiger partial charge in [0.25, 0.3) is 0 Å². The third kappa shape index (κ3) is 5.94. The Balaban J connectivity index is 1.74. The van der Waals surface area contributed by atoms with Crippen LogP contribution in [0.15, 0.2) is 42.5 Å². The minimum Gasteiger partial charge on any atom is -0.497 e. The zero-order valence-corrected chi connectivity index (χ0v) is 14.9. The molecule has 0 atom stereocenters. The van der Waals surface area contributed by atoms with Crippen molar-refractivity contribution in [1.82, 2.24) is 0 Å². The third-order valence-corrected chi connectivity index (χ3v) is 3.88. The van der Waals surface area contributed by atoms with E-state index < -0.39 is 5.91 Å². The summed E-state index contributed by atoms with van der Waals surface area (Å²) in [6.45, 7) is -0.554. The maximum absolute atomic E-state index is 11.8. The molecule has 0 spiro atoms. The molecule has 0 bridgehead atoms. The second-order valence-corrected chi connectivity index (χ2v) is 5.70. The molecule has 0 fully saturated rings. The van der Waals surface area contributed by atoms with Gasteiger partial charge in [0.2, 0.25) is 11.8 Å². The molecule has 0 aliphatic heterocycles. The van der Waals surface area contributed by atoms with Crippen molar-refractivity contribution in [2.45, 2.75) is 0 Å². The van der Waals surface area contributed by atoms with Crippen LogP contribution in [0.25, 0.3) is 0 Å². The molecule has 2 rings (SSSR count). The van der Waals surface area contributed by atoms with Crippen LogP contribution in [0.1, 0.15) is 0 Å². The standard InChI is InChI=1S/C17H16Cl2N2O4/c1-24-12-7-5-11(6-8-12)20-15(22)9-25-10-16(23)21-14-4-2-3-13(18)17(14)19/h2-8H,9-10H2,1H3,(H,20,22)(H,21,23). The summed E-state index contributed by atoms with van der Waals surface area (Å²) in [6.07, 6.45) is 0. The lowest BCUT2D eigenvalue weighted by molar-refractivity contribution is -0.125. The second-order valence-electron chi connectivity index (χ2n) is 4.92. The fourth-order valence-corrected chi connectivity index (χ4v) is 2.24. The predicted molar refractivity (Wildman–Crippen MR) is 97.5 cm³/mol. The van der Waals surface area contributed by atoms with E-state index in [0.717, 1.165) is 0 Å². The summed E-state index contributed by atoms with van der Waals surface area (Å²) in [5.41, 5.74) is 0.981. The van der Waals surface area contributed by atoms with Gasteiger partial charge in [0.05, 0.1) is 22.8 Å². The average molecular weight is 383 g/mol. The van der Waals surface area contributed by atoms with Crippen molar-refractivity contribution in [3.63, 3.8) is 0 Å². The molecule has 2 aromatic carbocycles. The fraction of sp³-hybridized carbons (Fsp3) is 0.176. The van der Waals surface area contributed by atoms with Gasteiger partial charge in [-0.3, -0.25) is 9.59 Å². The molecule has 0 aliphatic rings. The van der Waals surface area contributed by atoms with Crippen molar-refractivity contribution in [3.05, 3.63) is 52.5 Å². The van der Waals surface area contributed by atoms with Gasteiger partial charge in [-0.05, 0) is 36.4 Å². The lowest BCUT2D eigenvalue weighted by Gasteiger charge is -2.09. The SMILES string of the molecule is COc1ccc(NC(=O)COCC(=O)Nc2cccc(Cl)c2Cl)cc1. The first-order valence-corrected chi connectivity index (χ1v) is 8.00. The van der Waals surface area contributed by atoms with Crippen molar-refractivity contribution >= 4 is 46.4 Å². The smallest absolute Gasteiger partial charge is 0.250 e. The molecule has 2 N–H and O–H groups in total. The van der Waals surface area contributed by atoms with E-state index in [1.54, 1.807) is 49.6 Å². The number of hydrogen-bond acceptors (Lipinski definition) is 4. The summed E-state index contributed by atoms with van der Waals surface area (Å²) in [5, 5.41) is 5.78. The number of rotatable bonds is 7. The Morgan fingerprint density at radius 2 is 1.60 bits per heavy atom. The molecule has 0 aromatic heterocycles. The van der Waals surface area contributed by atoms with Gasteiger partial charge >= 0.3 is 0 Å². The molecule has 2 amide bonds. The molecule has 0 radical (unpaired) electrons. The summed E-state index contributed by atoms with van der Waals surface area (Å²) in [4.78, 5) is 23.6. The minimum atomic E-state index is -0.443. The Bertz CT molecular complexity index is 751. The highest BCUT2D eigenvalue weighted by Gasteiger charge is 2.10. The molecule has 8 heteroatoms. The van der Waals surface area contributed by atoms with Crippen LogP contribution in [0.4, 0.5) is 11.4 Å². The lowest BCUT2D eigenvalue weighted by Crippen LogP contribution is -2.24. The van der Waals surface area contributed by atoms with Crippen LogP contribution in [-0.2, 0) is 14.3 Å². The number of halogens is 2. The Hall–Kier alpha value is -2.28. The van der Waals surface area contributed by atoms with Crippen molar-refractivity contribution < 1.29 is 19.1 Å². The molecule has 2 aromatic rings. The van der Waals surface area contributed by atoms with Crippen LogP contribution >= 0.6 is 23.2 Å². The van der Waals surface area contributed by atoms with Crippen LogP contribution in [0, 0.1) is 0 Å². The second kappa shape index (κ2) is 9.27. The Kier molecular flexibility index (Phi) is 7.06. The highest BCUT2D eigenvalue weighted by Crippen LogP contribution is 2.29. The maximum atomic E-state index is 11.8. The van der Waals surface area contributed by atoms with Gasteiger partial charge in [0.1, 0.15) is 19.0 Å². The van der Waals surface area contributed by atoms with Gasteiger partial charge in [-0.2, -0.15) is 0 Å². The average Bonchev–Trinajstić information content (AvgIpc) is 2.59. The first kappa shape index (κ1) is 19.1. The van der Waals surface area contributed by atoms with E-state index in [1.807, 2.05) is 0 Å². The van der Waals surface area contributed by atoms with Crippen LogP contribution < -0.4 is 15.4 Å². The summed E-state index contributed by atoms with van der Waals surface area (Å²) >= 11 is 11.8. The summed E-state index contributed by atoms with van der Waals surface area (Å²) in [5.74, 6) is -0.134. The molecule has 25 heavy (non-hydrogen) atoms. The predicted octanol–water partition coefficient (Wildman–Crippen LogP) is 3.60. The van der Waals surface area contributed by atoms with Gasteiger partial charge in [-0.1, -0.05) is 29.3 Å². The molecule has 0 unspecified atom stereocenters. The van der Waals surface area contributed by atoms with Gasteiger partial charge in [0.15, 0.2) is 0 Å². The number of carbonyl (C=O) groups is 2. The lowest BCUT2D eigenvalue weighted by atomic mass is 10.3. The molecule has 0 aliphatic carbocycles. The Labute approximate surface area is 155 Å². The van der Waals surface area contributed by atoms with Crippen molar-refractivity contribution in [2.24, 2.45) is 0 Å². The monoisotopic (exact) mass is 382 g/mol. The van der Waals surface area contributed by atoms with Crippen molar-refractivity contribution in [3.8, 4) is 5.75 Å². The topological polar surface area (TPSA) is 76.7 Å². The number of hydrogen-bond donors (Lipinski definition) is 2. The fourth-order valence-electron chi connectivity index (χ4n) is 1.89. The largest absolute Gasteiger partial charge is 0.497 e. The first-order chi connectivity index (χ1) is 12.0. The van der Waals surface area contributed by atoms with E-state index in [4.69, 9.17) is 32.7 Å². The number of amides is 2. The molecular formula is C17H16Cl2N2O4. The van der Waals surface area contributed by atoms with Crippen LogP contribution in [0.3, 0.4) is 0 Å². The molecular weight excluding hydrogens is 367 g/mol. The molecule has 132 valence electrons. The molecule has 0 saturated carbocycles. The third-order valence-electron chi connectivity index (χ3n) is 3.07. The summed E-state index contributed by atoms with van der Waals surface area (Å²) in [6, 6.07) is 11.7. The maximum Gasteiger partial charge on any atom is 0.250 e. The van der Waals surface area contributed by atoms with E-state index in [0.29, 0.717) is 22.1 Å². The van der Waals surface area contributed by atoms with Crippen LogP contribution in [0.5, 0.6) is 5.75 Å².